The maximum Gasteiger partial charge on any atom is 0.238 e. The first-order valence-electron chi connectivity index (χ1n) is 6.77. The van der Waals surface area contributed by atoms with E-state index in [0.29, 0.717) is 17.9 Å². The van der Waals surface area contributed by atoms with Crippen molar-refractivity contribution in [3.63, 3.8) is 0 Å². The van der Waals surface area contributed by atoms with Crippen molar-refractivity contribution in [1.82, 2.24) is 4.90 Å². The van der Waals surface area contributed by atoms with E-state index in [4.69, 9.17) is 10.9 Å². The monoisotopic (exact) mass is 300 g/mol. The lowest BCUT2D eigenvalue weighted by Gasteiger charge is -2.20. The van der Waals surface area contributed by atoms with Crippen LogP contribution in [0.5, 0.6) is 0 Å². The highest BCUT2D eigenvalue weighted by molar-refractivity contribution is 7.89. The van der Waals surface area contributed by atoms with Crippen LogP contribution < -0.4 is 16.2 Å². The van der Waals surface area contributed by atoms with Crippen LogP contribution >= 0.6 is 0 Å². The number of nitrogens with two attached hydrogens (primary N) is 2. The molecule has 0 atom stereocenters. The first-order chi connectivity index (χ1) is 9.38. The number of anilines is 2. The first-order valence-corrected chi connectivity index (χ1v) is 8.31. The van der Waals surface area contributed by atoms with E-state index in [1.165, 1.54) is 12.1 Å². The van der Waals surface area contributed by atoms with Gasteiger partial charge in [0.25, 0.3) is 0 Å². The highest BCUT2D eigenvalue weighted by atomic mass is 32.2. The topological polar surface area (TPSA) is 101 Å². The number of sulfonamides is 1. The minimum Gasteiger partial charge on any atom is -0.397 e. The largest absolute Gasteiger partial charge is 0.397 e. The zero-order chi connectivity index (χ0) is 15.2. The molecule has 114 valence electrons. The minimum atomic E-state index is -3.70. The van der Waals surface area contributed by atoms with Gasteiger partial charge < -0.3 is 16.0 Å². The molecule has 0 saturated carbocycles. The van der Waals surface area contributed by atoms with Crippen LogP contribution in [-0.2, 0) is 10.0 Å². The molecule has 1 rings (SSSR count). The average Bonchev–Trinajstić information content (AvgIpc) is 2.38. The van der Waals surface area contributed by atoms with E-state index in [-0.39, 0.29) is 4.90 Å². The van der Waals surface area contributed by atoms with Crippen molar-refractivity contribution in [3.8, 4) is 0 Å². The Kier molecular flexibility index (Phi) is 6.25. The van der Waals surface area contributed by atoms with Crippen LogP contribution in [0.15, 0.2) is 23.1 Å². The Balaban J connectivity index is 2.68. The third-order valence-corrected chi connectivity index (χ3v) is 3.99. The molecule has 0 saturated heterocycles. The van der Waals surface area contributed by atoms with Gasteiger partial charge in [-0.05, 0) is 37.7 Å². The molecule has 0 aliphatic heterocycles. The third kappa shape index (κ3) is 4.99. The molecule has 6 nitrogen and oxygen atoms in total. The van der Waals surface area contributed by atoms with Gasteiger partial charge in [0.1, 0.15) is 0 Å². The van der Waals surface area contributed by atoms with Crippen LogP contribution in [0.2, 0.25) is 0 Å². The molecule has 5 N–H and O–H groups in total. The summed E-state index contributed by atoms with van der Waals surface area (Å²) in [5, 5.41) is 8.27. The lowest BCUT2D eigenvalue weighted by atomic mass is 10.2. The van der Waals surface area contributed by atoms with Gasteiger partial charge in [0.15, 0.2) is 0 Å². The van der Waals surface area contributed by atoms with Gasteiger partial charge in [0.05, 0.1) is 16.3 Å². The van der Waals surface area contributed by atoms with Gasteiger partial charge in [-0.15, -0.1) is 0 Å². The molecule has 7 heteroatoms. The fraction of sp³-hybridized carbons (Fsp3) is 0.538. The molecular weight excluding hydrogens is 276 g/mol. The van der Waals surface area contributed by atoms with E-state index in [9.17, 15) is 8.42 Å². The van der Waals surface area contributed by atoms with Crippen molar-refractivity contribution < 1.29 is 8.42 Å². The van der Waals surface area contributed by atoms with Crippen LogP contribution in [0, 0.1) is 0 Å². The van der Waals surface area contributed by atoms with Crippen LogP contribution in [0.4, 0.5) is 11.4 Å². The number of nitrogens with one attached hydrogen (secondary N) is 1. The summed E-state index contributed by atoms with van der Waals surface area (Å²) in [6.45, 7) is 7.87. The number of likely N-dealkylation sites (N-methyl/N-ethyl adjacent to an activating group) is 1. The highest BCUT2D eigenvalue weighted by Crippen LogP contribution is 2.21. The predicted molar refractivity (Wildman–Crippen MR) is 83.1 cm³/mol. The van der Waals surface area contributed by atoms with Gasteiger partial charge in [0, 0.05) is 13.1 Å². The maximum atomic E-state index is 11.3. The Morgan fingerprint density at radius 2 is 1.95 bits per heavy atom. The number of hydrogen-bond acceptors (Lipinski definition) is 5. The molecule has 0 bridgehead atoms. The number of benzene rings is 1. The molecule has 0 aliphatic carbocycles. The number of primary sulfonamides is 1. The summed E-state index contributed by atoms with van der Waals surface area (Å²) in [7, 11) is -3.70. The fourth-order valence-electron chi connectivity index (χ4n) is 1.96. The van der Waals surface area contributed by atoms with E-state index < -0.39 is 10.0 Å². The van der Waals surface area contributed by atoms with Gasteiger partial charge >= 0.3 is 0 Å². The summed E-state index contributed by atoms with van der Waals surface area (Å²) in [4.78, 5) is 2.38. The molecule has 1 aromatic rings. The summed E-state index contributed by atoms with van der Waals surface area (Å²) >= 11 is 0. The van der Waals surface area contributed by atoms with E-state index in [2.05, 4.69) is 24.1 Å². The first kappa shape index (κ1) is 16.7. The molecule has 0 fully saturated rings. The maximum absolute atomic E-state index is 11.3. The molecule has 0 radical (unpaired) electrons. The van der Waals surface area contributed by atoms with E-state index in [1.807, 2.05) is 0 Å². The Labute approximate surface area is 121 Å². The lowest BCUT2D eigenvalue weighted by molar-refractivity contribution is 0.300. The lowest BCUT2D eigenvalue weighted by Crippen LogP contribution is -2.29. The summed E-state index contributed by atoms with van der Waals surface area (Å²) in [6, 6.07) is 4.43. The molecule has 0 unspecified atom stereocenters. The Hall–Kier alpha value is -1.31. The second-order valence-electron chi connectivity index (χ2n) is 4.66. The number of rotatable bonds is 8. The Morgan fingerprint density at radius 3 is 2.50 bits per heavy atom. The fourth-order valence-corrected chi connectivity index (χ4v) is 2.50. The number of nitrogen functional groups attached to an aromatic ring is 1. The number of nitrogens with zero attached hydrogens (tertiary/aromatic N) is 1. The highest BCUT2D eigenvalue weighted by Gasteiger charge is 2.10. The Morgan fingerprint density at radius 1 is 1.25 bits per heavy atom. The van der Waals surface area contributed by atoms with Crippen molar-refractivity contribution in [1.29, 1.82) is 0 Å². The van der Waals surface area contributed by atoms with Gasteiger partial charge in [-0.1, -0.05) is 13.8 Å². The molecule has 1 aromatic carbocycles. The second-order valence-corrected chi connectivity index (χ2v) is 6.22. The summed E-state index contributed by atoms with van der Waals surface area (Å²) in [5.41, 5.74) is 6.94. The molecule has 0 heterocycles. The van der Waals surface area contributed by atoms with Crippen LogP contribution in [0.3, 0.4) is 0 Å². The van der Waals surface area contributed by atoms with Crippen LogP contribution in [0.1, 0.15) is 20.3 Å². The van der Waals surface area contributed by atoms with Crippen molar-refractivity contribution in [3.05, 3.63) is 18.2 Å². The summed E-state index contributed by atoms with van der Waals surface area (Å²) in [5.74, 6) is 0. The Bertz CT molecular complexity index is 531. The molecule has 0 aromatic heterocycles. The third-order valence-electron chi connectivity index (χ3n) is 3.08. The van der Waals surface area contributed by atoms with Crippen molar-refractivity contribution >= 4 is 21.4 Å². The molecular formula is C13H24N4O2S. The summed E-state index contributed by atoms with van der Waals surface area (Å²) < 4.78 is 22.6. The smallest absolute Gasteiger partial charge is 0.238 e. The SMILES string of the molecule is CCCN(CC)CCNc1cc(S(N)(=O)=O)ccc1N. The van der Waals surface area contributed by atoms with E-state index in [1.54, 1.807) is 6.07 Å². The summed E-state index contributed by atoms with van der Waals surface area (Å²) in [6.07, 6.45) is 1.11. The normalized spacial score (nSPS) is 11.8. The quantitative estimate of drug-likeness (QED) is 0.623. The zero-order valence-electron chi connectivity index (χ0n) is 12.1. The van der Waals surface area contributed by atoms with Crippen molar-refractivity contribution in [2.75, 3.05) is 37.2 Å². The zero-order valence-corrected chi connectivity index (χ0v) is 12.9. The average molecular weight is 300 g/mol. The molecule has 0 spiro atoms. The van der Waals surface area contributed by atoms with Gasteiger partial charge in [-0.25, -0.2) is 13.6 Å². The van der Waals surface area contributed by atoms with Gasteiger partial charge in [0.2, 0.25) is 10.0 Å². The van der Waals surface area contributed by atoms with E-state index in [0.717, 1.165) is 26.1 Å². The molecule has 20 heavy (non-hydrogen) atoms. The predicted octanol–water partition coefficient (Wildman–Crippen LogP) is 1.06. The second kappa shape index (κ2) is 7.47. The van der Waals surface area contributed by atoms with Crippen molar-refractivity contribution in [2.45, 2.75) is 25.2 Å². The van der Waals surface area contributed by atoms with Crippen molar-refractivity contribution in [2.24, 2.45) is 5.14 Å². The molecule has 0 aliphatic rings. The van der Waals surface area contributed by atoms with Gasteiger partial charge in [-0.3, -0.25) is 0 Å². The van der Waals surface area contributed by atoms with Gasteiger partial charge in [-0.2, -0.15) is 0 Å². The molecule has 0 amide bonds. The van der Waals surface area contributed by atoms with Crippen LogP contribution in [0.25, 0.3) is 0 Å². The minimum absolute atomic E-state index is 0.0649. The van der Waals surface area contributed by atoms with Crippen LogP contribution in [-0.4, -0.2) is 39.5 Å². The van der Waals surface area contributed by atoms with E-state index >= 15 is 0 Å². The standard InChI is InChI=1S/C13H24N4O2S/c1-3-8-17(4-2)9-7-16-13-10-11(20(15,18)19)5-6-12(13)14/h5-6,10,16H,3-4,7-9,14H2,1-2H3,(H2,15,18,19). The number of hydrogen-bond donors (Lipinski definition) is 3.